The first-order valence-electron chi connectivity index (χ1n) is 5.60. The molecule has 2 aromatic rings. The molecule has 0 fully saturated rings. The number of nitrogens with one attached hydrogen (secondary N) is 1. The highest BCUT2D eigenvalue weighted by Crippen LogP contribution is 2.29. The van der Waals surface area contributed by atoms with Gasteiger partial charge in [-0.25, -0.2) is 4.98 Å². The molecular weight excluding hydrogens is 280 g/mol. The van der Waals surface area contributed by atoms with Crippen molar-refractivity contribution in [2.75, 3.05) is 5.32 Å². The molecule has 20 heavy (non-hydrogen) atoms. The topological polar surface area (TPSA) is 91.8 Å². The summed E-state index contributed by atoms with van der Waals surface area (Å²) in [6.07, 6.45) is 0. The van der Waals surface area contributed by atoms with Crippen LogP contribution >= 0.6 is 11.6 Å². The number of benzene rings is 1. The first kappa shape index (κ1) is 13.8. The summed E-state index contributed by atoms with van der Waals surface area (Å²) in [5.41, 5.74) is 1.41. The van der Waals surface area contributed by atoms with Crippen LogP contribution in [0.4, 0.5) is 17.2 Å². The molecule has 0 amide bonds. The van der Waals surface area contributed by atoms with E-state index < -0.39 is 4.92 Å². The lowest BCUT2D eigenvalue weighted by molar-refractivity contribution is -0.384. The van der Waals surface area contributed by atoms with Crippen molar-refractivity contribution < 1.29 is 4.92 Å². The summed E-state index contributed by atoms with van der Waals surface area (Å²) >= 11 is 5.75. The van der Waals surface area contributed by atoms with Gasteiger partial charge in [0.2, 0.25) is 5.82 Å². The lowest BCUT2D eigenvalue weighted by Crippen LogP contribution is -2.02. The number of nitro groups is 1. The van der Waals surface area contributed by atoms with Crippen LogP contribution in [0.15, 0.2) is 30.3 Å². The fourth-order valence-corrected chi connectivity index (χ4v) is 1.86. The smallest absolute Gasteiger partial charge is 0.311 e. The van der Waals surface area contributed by atoms with Crippen LogP contribution in [0.1, 0.15) is 11.1 Å². The molecule has 0 bridgehead atoms. The van der Waals surface area contributed by atoms with Crippen LogP contribution < -0.4 is 5.32 Å². The summed E-state index contributed by atoms with van der Waals surface area (Å²) in [7, 11) is 0. The molecule has 6 nitrogen and oxygen atoms in total. The Morgan fingerprint density at radius 2 is 2.15 bits per heavy atom. The highest BCUT2D eigenvalue weighted by atomic mass is 35.5. The number of anilines is 2. The number of halogens is 1. The Hall–Kier alpha value is -2.65. The van der Waals surface area contributed by atoms with Gasteiger partial charge in [-0.15, -0.1) is 0 Å². The molecule has 0 unspecified atom stereocenters. The van der Waals surface area contributed by atoms with Gasteiger partial charge in [0.05, 0.1) is 16.2 Å². The van der Waals surface area contributed by atoms with E-state index in [1.54, 1.807) is 25.1 Å². The van der Waals surface area contributed by atoms with Crippen LogP contribution in [-0.2, 0) is 0 Å². The second kappa shape index (κ2) is 5.55. The SMILES string of the molecule is Cc1cccc(Nc2nc(Cl)ccc2[N+](=O)[O-])c1C#N. The summed E-state index contributed by atoms with van der Waals surface area (Å²) in [5.74, 6) is 0.00426. The molecule has 0 aliphatic carbocycles. The van der Waals surface area contributed by atoms with E-state index in [9.17, 15) is 10.1 Å². The van der Waals surface area contributed by atoms with Gasteiger partial charge in [0.1, 0.15) is 11.2 Å². The van der Waals surface area contributed by atoms with Crippen LogP contribution in [0.3, 0.4) is 0 Å². The van der Waals surface area contributed by atoms with Gasteiger partial charge in [0.15, 0.2) is 0 Å². The number of nitrogens with zero attached hydrogens (tertiary/aromatic N) is 3. The Labute approximate surface area is 119 Å². The minimum Gasteiger partial charge on any atom is -0.333 e. The quantitative estimate of drug-likeness (QED) is 0.529. The van der Waals surface area contributed by atoms with Crippen molar-refractivity contribution in [2.24, 2.45) is 0 Å². The summed E-state index contributed by atoms with van der Waals surface area (Å²) < 4.78 is 0. The Morgan fingerprint density at radius 3 is 2.80 bits per heavy atom. The number of pyridine rings is 1. The van der Waals surface area contributed by atoms with Gasteiger partial charge in [-0.2, -0.15) is 5.26 Å². The third-order valence-corrected chi connectivity index (χ3v) is 2.88. The summed E-state index contributed by atoms with van der Waals surface area (Å²) in [4.78, 5) is 14.3. The molecule has 0 saturated heterocycles. The first-order chi connectivity index (χ1) is 9.52. The van der Waals surface area contributed by atoms with Crippen molar-refractivity contribution in [2.45, 2.75) is 6.92 Å². The molecule has 0 radical (unpaired) electrons. The highest BCUT2D eigenvalue weighted by molar-refractivity contribution is 6.29. The standard InChI is InChI=1S/C13H9ClN4O2/c1-8-3-2-4-10(9(8)7-15)16-13-11(18(19)20)5-6-12(14)17-13/h2-6H,1H3,(H,16,17). The Bertz CT molecular complexity index is 725. The maximum Gasteiger partial charge on any atom is 0.311 e. The van der Waals surface area contributed by atoms with E-state index in [1.807, 2.05) is 0 Å². The molecular formula is C13H9ClN4O2. The molecule has 0 aliphatic rings. The molecule has 100 valence electrons. The lowest BCUT2D eigenvalue weighted by atomic mass is 10.1. The van der Waals surface area contributed by atoms with Gasteiger partial charge < -0.3 is 5.32 Å². The Morgan fingerprint density at radius 1 is 1.40 bits per heavy atom. The molecule has 1 aromatic heterocycles. The third kappa shape index (κ3) is 2.68. The minimum atomic E-state index is -0.562. The average molecular weight is 289 g/mol. The van der Waals surface area contributed by atoms with Gasteiger partial charge in [-0.3, -0.25) is 10.1 Å². The fraction of sp³-hybridized carbons (Fsp3) is 0.0769. The van der Waals surface area contributed by atoms with E-state index in [0.717, 1.165) is 5.56 Å². The third-order valence-electron chi connectivity index (χ3n) is 2.67. The number of aryl methyl sites for hydroxylation is 1. The van der Waals surface area contributed by atoms with Crippen molar-refractivity contribution in [1.82, 2.24) is 4.98 Å². The zero-order valence-corrected chi connectivity index (χ0v) is 11.2. The predicted octanol–water partition coefficient (Wildman–Crippen LogP) is 3.57. The van der Waals surface area contributed by atoms with Crippen molar-refractivity contribution in [3.63, 3.8) is 0 Å². The second-order valence-corrected chi connectivity index (χ2v) is 4.38. The van der Waals surface area contributed by atoms with E-state index >= 15 is 0 Å². The maximum absolute atomic E-state index is 11.0. The fourth-order valence-electron chi connectivity index (χ4n) is 1.72. The summed E-state index contributed by atoms with van der Waals surface area (Å²) in [6, 6.07) is 9.83. The highest BCUT2D eigenvalue weighted by Gasteiger charge is 2.17. The molecule has 2 rings (SSSR count). The van der Waals surface area contributed by atoms with E-state index in [1.165, 1.54) is 12.1 Å². The number of hydrogen-bond acceptors (Lipinski definition) is 5. The van der Waals surface area contributed by atoms with Gasteiger partial charge >= 0.3 is 5.69 Å². The second-order valence-electron chi connectivity index (χ2n) is 3.99. The van der Waals surface area contributed by atoms with Crippen molar-refractivity contribution in [1.29, 1.82) is 5.26 Å². The summed E-state index contributed by atoms with van der Waals surface area (Å²) in [6.45, 7) is 1.78. The van der Waals surface area contributed by atoms with Crippen LogP contribution in [0.5, 0.6) is 0 Å². The van der Waals surface area contributed by atoms with Gasteiger partial charge in [0, 0.05) is 6.07 Å². The molecule has 0 saturated carbocycles. The molecule has 0 atom stereocenters. The van der Waals surface area contributed by atoms with Crippen molar-refractivity contribution in [3.05, 3.63) is 56.7 Å². The van der Waals surface area contributed by atoms with Crippen LogP contribution in [0.2, 0.25) is 5.15 Å². The number of rotatable bonds is 3. The van der Waals surface area contributed by atoms with Crippen LogP contribution in [-0.4, -0.2) is 9.91 Å². The van der Waals surface area contributed by atoms with E-state index in [0.29, 0.717) is 11.3 Å². The molecule has 1 N–H and O–H groups in total. The lowest BCUT2D eigenvalue weighted by Gasteiger charge is -2.09. The number of aromatic nitrogens is 1. The summed E-state index contributed by atoms with van der Waals surface area (Å²) in [5, 5.41) is 23.0. The van der Waals surface area contributed by atoms with E-state index in [-0.39, 0.29) is 16.7 Å². The Kier molecular flexibility index (Phi) is 3.82. The molecule has 1 aromatic carbocycles. The van der Waals surface area contributed by atoms with Crippen molar-refractivity contribution in [3.8, 4) is 6.07 Å². The normalized spacial score (nSPS) is 9.85. The zero-order chi connectivity index (χ0) is 14.7. The van der Waals surface area contributed by atoms with Crippen LogP contribution in [0.25, 0.3) is 0 Å². The van der Waals surface area contributed by atoms with Crippen LogP contribution in [0, 0.1) is 28.4 Å². The molecule has 0 aliphatic heterocycles. The van der Waals surface area contributed by atoms with E-state index in [4.69, 9.17) is 16.9 Å². The first-order valence-corrected chi connectivity index (χ1v) is 5.98. The van der Waals surface area contributed by atoms with E-state index in [2.05, 4.69) is 16.4 Å². The predicted molar refractivity (Wildman–Crippen MR) is 75.1 cm³/mol. The zero-order valence-electron chi connectivity index (χ0n) is 10.4. The van der Waals surface area contributed by atoms with Gasteiger partial charge in [-0.1, -0.05) is 23.7 Å². The Balaban J connectivity index is 2.51. The van der Waals surface area contributed by atoms with Crippen molar-refractivity contribution >= 4 is 28.8 Å². The monoisotopic (exact) mass is 288 g/mol. The number of nitriles is 1. The molecule has 1 heterocycles. The minimum absolute atomic E-state index is 0.00426. The average Bonchev–Trinajstić information content (AvgIpc) is 2.38. The van der Waals surface area contributed by atoms with Gasteiger partial charge in [-0.05, 0) is 24.6 Å². The largest absolute Gasteiger partial charge is 0.333 e. The molecule has 7 heteroatoms. The molecule has 0 spiro atoms. The van der Waals surface area contributed by atoms with Gasteiger partial charge in [0.25, 0.3) is 0 Å². The maximum atomic E-state index is 11.0. The number of hydrogen-bond donors (Lipinski definition) is 1.